The van der Waals surface area contributed by atoms with Crippen LogP contribution in [0, 0.1) is 0 Å². The minimum atomic E-state index is -0.664. The highest BCUT2D eigenvalue weighted by atomic mass is 32.2. The Morgan fingerprint density at radius 2 is 1.81 bits per heavy atom. The maximum absolute atomic E-state index is 12.3. The summed E-state index contributed by atoms with van der Waals surface area (Å²) in [6.07, 6.45) is -0.664. The summed E-state index contributed by atoms with van der Waals surface area (Å²) in [7, 11) is 1.60. The maximum Gasteiger partial charge on any atom is 0.266 e. The van der Waals surface area contributed by atoms with Crippen LogP contribution in [0.5, 0.6) is 11.5 Å². The molecular formula is C19H19N3O3S2. The normalized spacial score (nSPS) is 11.6. The van der Waals surface area contributed by atoms with Crippen LogP contribution in [0.4, 0.5) is 5.13 Å². The number of nitrogens with zero attached hydrogens (tertiary/aromatic N) is 2. The average Bonchev–Trinajstić information content (AvgIpc) is 3.15. The van der Waals surface area contributed by atoms with E-state index >= 15 is 0 Å². The molecule has 0 saturated heterocycles. The number of hydrogen-bond donors (Lipinski definition) is 1. The first-order valence-electron chi connectivity index (χ1n) is 8.26. The molecular weight excluding hydrogens is 382 g/mol. The highest BCUT2D eigenvalue weighted by molar-refractivity contribution is 8.00. The van der Waals surface area contributed by atoms with E-state index in [-0.39, 0.29) is 5.91 Å². The number of amides is 1. The molecule has 0 bridgehead atoms. The first-order valence-corrected chi connectivity index (χ1v) is 10.1. The molecule has 3 aromatic rings. The number of benzene rings is 2. The number of rotatable bonds is 8. The first-order chi connectivity index (χ1) is 13.1. The lowest BCUT2D eigenvalue weighted by Crippen LogP contribution is -2.30. The zero-order valence-electron chi connectivity index (χ0n) is 14.9. The number of nitrogens with one attached hydrogen (secondary N) is 1. The highest BCUT2D eigenvalue weighted by Crippen LogP contribution is 2.28. The molecule has 1 amide bonds. The molecule has 0 saturated carbocycles. The molecule has 1 N–H and O–H groups in total. The van der Waals surface area contributed by atoms with E-state index in [4.69, 9.17) is 9.47 Å². The van der Waals surface area contributed by atoms with Crippen molar-refractivity contribution in [2.75, 3.05) is 12.4 Å². The summed E-state index contributed by atoms with van der Waals surface area (Å²) in [6.45, 7) is 1.69. The number of ether oxygens (including phenoxy) is 2. The third kappa shape index (κ3) is 5.70. The summed E-state index contributed by atoms with van der Waals surface area (Å²) in [5.41, 5.74) is 1.21. The standard InChI is InChI=1S/C19H19N3O3S2/c1-13(25-16-10-8-15(24-2)9-11-16)17(23)20-18-21-22-19(27-18)26-12-14-6-4-3-5-7-14/h3-11,13H,12H2,1-2H3,(H,20,21,23)/t13-/m1/s1. The van der Waals surface area contributed by atoms with Gasteiger partial charge in [-0.3, -0.25) is 10.1 Å². The van der Waals surface area contributed by atoms with Crippen LogP contribution in [-0.2, 0) is 10.5 Å². The fourth-order valence-electron chi connectivity index (χ4n) is 2.16. The Kier molecular flexibility index (Phi) is 6.67. The van der Waals surface area contributed by atoms with E-state index in [1.165, 1.54) is 16.9 Å². The molecule has 0 spiro atoms. The van der Waals surface area contributed by atoms with Gasteiger partial charge in [0.1, 0.15) is 11.5 Å². The molecule has 1 heterocycles. The van der Waals surface area contributed by atoms with Crippen LogP contribution in [0.25, 0.3) is 0 Å². The number of methoxy groups -OCH3 is 1. The molecule has 0 aliphatic carbocycles. The van der Waals surface area contributed by atoms with Gasteiger partial charge in [-0.25, -0.2) is 0 Å². The minimum absolute atomic E-state index is 0.276. The molecule has 0 aliphatic heterocycles. The van der Waals surface area contributed by atoms with Crippen LogP contribution in [-0.4, -0.2) is 29.3 Å². The summed E-state index contributed by atoms with van der Waals surface area (Å²) in [6, 6.07) is 17.2. The van der Waals surface area contributed by atoms with E-state index in [1.807, 2.05) is 18.2 Å². The maximum atomic E-state index is 12.3. The monoisotopic (exact) mass is 401 g/mol. The SMILES string of the molecule is COc1ccc(O[C@H](C)C(=O)Nc2nnc(SCc3ccccc3)s2)cc1. The van der Waals surface area contributed by atoms with E-state index in [9.17, 15) is 4.79 Å². The molecule has 0 unspecified atom stereocenters. The van der Waals surface area contributed by atoms with Gasteiger partial charge in [0.25, 0.3) is 5.91 Å². The first kappa shape index (κ1) is 19.2. The molecule has 3 rings (SSSR count). The van der Waals surface area contributed by atoms with Crippen LogP contribution < -0.4 is 14.8 Å². The Bertz CT molecular complexity index is 869. The van der Waals surface area contributed by atoms with Crippen LogP contribution in [0.15, 0.2) is 58.9 Å². The number of hydrogen-bond acceptors (Lipinski definition) is 7. The van der Waals surface area contributed by atoms with Gasteiger partial charge in [-0.05, 0) is 36.8 Å². The minimum Gasteiger partial charge on any atom is -0.497 e. The lowest BCUT2D eigenvalue weighted by molar-refractivity contribution is -0.122. The summed E-state index contributed by atoms with van der Waals surface area (Å²) in [5.74, 6) is 1.85. The van der Waals surface area contributed by atoms with Gasteiger partial charge >= 0.3 is 0 Å². The molecule has 0 radical (unpaired) electrons. The Hall–Kier alpha value is -2.58. The van der Waals surface area contributed by atoms with Gasteiger partial charge in [-0.15, -0.1) is 10.2 Å². The van der Waals surface area contributed by atoms with E-state index in [2.05, 4.69) is 27.6 Å². The number of thioether (sulfide) groups is 1. The van der Waals surface area contributed by atoms with Crippen molar-refractivity contribution >= 4 is 34.1 Å². The summed E-state index contributed by atoms with van der Waals surface area (Å²) in [4.78, 5) is 12.3. The van der Waals surface area contributed by atoms with Crippen LogP contribution >= 0.6 is 23.1 Å². The topological polar surface area (TPSA) is 73.3 Å². The zero-order chi connectivity index (χ0) is 19.1. The molecule has 1 atom stereocenters. The highest BCUT2D eigenvalue weighted by Gasteiger charge is 2.17. The number of anilines is 1. The quantitative estimate of drug-likeness (QED) is 0.449. The van der Waals surface area contributed by atoms with Crippen molar-refractivity contribution in [3.05, 3.63) is 60.2 Å². The number of carbonyl (C=O) groups is 1. The van der Waals surface area contributed by atoms with Gasteiger partial charge in [0, 0.05) is 5.75 Å². The molecule has 1 aromatic heterocycles. The fraction of sp³-hybridized carbons (Fsp3) is 0.211. The van der Waals surface area contributed by atoms with Crippen LogP contribution in [0.3, 0.4) is 0 Å². The lowest BCUT2D eigenvalue weighted by atomic mass is 10.2. The predicted octanol–water partition coefficient (Wildman–Crippen LogP) is 4.25. The van der Waals surface area contributed by atoms with E-state index in [1.54, 1.807) is 50.1 Å². The van der Waals surface area contributed by atoms with E-state index < -0.39 is 6.10 Å². The Labute approximate surface area is 165 Å². The van der Waals surface area contributed by atoms with Crippen molar-refractivity contribution in [3.8, 4) is 11.5 Å². The Morgan fingerprint density at radius 3 is 2.52 bits per heavy atom. The van der Waals surface area contributed by atoms with E-state index in [0.29, 0.717) is 10.9 Å². The van der Waals surface area contributed by atoms with Gasteiger partial charge < -0.3 is 9.47 Å². The summed E-state index contributed by atoms with van der Waals surface area (Å²) in [5, 5.41) is 11.3. The van der Waals surface area contributed by atoms with Gasteiger partial charge in [0.2, 0.25) is 5.13 Å². The number of aromatic nitrogens is 2. The molecule has 6 nitrogen and oxygen atoms in total. The molecule has 2 aromatic carbocycles. The smallest absolute Gasteiger partial charge is 0.266 e. The fourth-order valence-corrected chi connectivity index (χ4v) is 3.87. The average molecular weight is 402 g/mol. The van der Waals surface area contributed by atoms with Crippen molar-refractivity contribution in [2.24, 2.45) is 0 Å². The van der Waals surface area contributed by atoms with Crippen molar-refractivity contribution in [2.45, 2.75) is 23.1 Å². The van der Waals surface area contributed by atoms with Gasteiger partial charge in [-0.1, -0.05) is 53.4 Å². The Morgan fingerprint density at radius 1 is 1.11 bits per heavy atom. The third-order valence-electron chi connectivity index (χ3n) is 3.58. The van der Waals surface area contributed by atoms with Crippen LogP contribution in [0.2, 0.25) is 0 Å². The van der Waals surface area contributed by atoms with Gasteiger partial charge in [0.15, 0.2) is 10.4 Å². The van der Waals surface area contributed by atoms with Crippen molar-refractivity contribution < 1.29 is 14.3 Å². The van der Waals surface area contributed by atoms with Gasteiger partial charge in [0.05, 0.1) is 7.11 Å². The van der Waals surface area contributed by atoms with E-state index in [0.717, 1.165) is 15.8 Å². The number of carbonyl (C=O) groups excluding carboxylic acids is 1. The Balaban J connectivity index is 1.50. The lowest BCUT2D eigenvalue weighted by Gasteiger charge is -2.13. The zero-order valence-corrected chi connectivity index (χ0v) is 16.5. The second-order valence-corrected chi connectivity index (χ2v) is 7.77. The summed E-state index contributed by atoms with van der Waals surface area (Å²) >= 11 is 2.93. The third-order valence-corrected chi connectivity index (χ3v) is 5.63. The second kappa shape index (κ2) is 9.38. The van der Waals surface area contributed by atoms with Crippen molar-refractivity contribution in [3.63, 3.8) is 0 Å². The molecule has 27 heavy (non-hydrogen) atoms. The largest absolute Gasteiger partial charge is 0.497 e. The predicted molar refractivity (Wildman–Crippen MR) is 108 cm³/mol. The van der Waals surface area contributed by atoms with Gasteiger partial charge in [-0.2, -0.15) is 0 Å². The van der Waals surface area contributed by atoms with Crippen LogP contribution in [0.1, 0.15) is 12.5 Å². The summed E-state index contributed by atoms with van der Waals surface area (Å²) < 4.78 is 11.5. The molecule has 8 heteroatoms. The molecule has 0 aliphatic rings. The van der Waals surface area contributed by atoms with Crippen molar-refractivity contribution in [1.29, 1.82) is 0 Å². The van der Waals surface area contributed by atoms with Crippen molar-refractivity contribution in [1.82, 2.24) is 10.2 Å². The second-order valence-electron chi connectivity index (χ2n) is 5.57. The molecule has 0 fully saturated rings. The molecule has 140 valence electrons.